The van der Waals surface area contributed by atoms with Crippen LogP contribution in [0.1, 0.15) is 40.4 Å². The minimum Gasteiger partial charge on any atom is -0.508 e. The quantitative estimate of drug-likeness (QED) is 0.137. The molecule has 1 N–H and O–H groups in total. The molecule has 0 saturated carbocycles. The van der Waals surface area contributed by atoms with Crippen molar-refractivity contribution in [3.63, 3.8) is 0 Å². The Labute approximate surface area is 295 Å². The number of epoxide rings is 1. The van der Waals surface area contributed by atoms with E-state index >= 15 is 0 Å². The normalized spacial score (nSPS) is 20.0. The summed E-state index contributed by atoms with van der Waals surface area (Å²) in [6.07, 6.45) is 3.70. The van der Waals surface area contributed by atoms with Crippen molar-refractivity contribution in [1.82, 2.24) is 29.3 Å². The summed E-state index contributed by atoms with van der Waals surface area (Å²) in [5.74, 6) is 1.34. The van der Waals surface area contributed by atoms with Gasteiger partial charge in [0, 0.05) is 60.2 Å². The first kappa shape index (κ1) is 31.3. The number of aromatic nitrogens is 4. The number of benzene rings is 3. The lowest BCUT2D eigenvalue weighted by Crippen LogP contribution is -2.34. The Morgan fingerprint density at radius 2 is 1.76 bits per heavy atom. The predicted octanol–water partition coefficient (Wildman–Crippen LogP) is 7.00. The number of rotatable bonds is 8. The van der Waals surface area contributed by atoms with Crippen LogP contribution in [0, 0.1) is 5.41 Å². The molecule has 51 heavy (non-hydrogen) atoms. The molecule has 0 radical (unpaired) electrons. The number of phenolic OH excluding ortho intramolecular Hbond substituents is 1. The van der Waals surface area contributed by atoms with Gasteiger partial charge < -0.3 is 14.7 Å². The summed E-state index contributed by atoms with van der Waals surface area (Å²) in [4.78, 5) is 36.6. The average molecular weight is 676 g/mol. The van der Waals surface area contributed by atoms with Crippen molar-refractivity contribution >= 4 is 29.6 Å². The van der Waals surface area contributed by atoms with Gasteiger partial charge in [-0.15, -0.1) is 0 Å². The Hall–Kier alpha value is -5.71. The van der Waals surface area contributed by atoms with E-state index in [2.05, 4.69) is 62.6 Å². The van der Waals surface area contributed by atoms with Gasteiger partial charge in [-0.25, -0.2) is 19.9 Å². The zero-order valence-electron chi connectivity index (χ0n) is 28.2. The van der Waals surface area contributed by atoms with Crippen molar-refractivity contribution in [3.8, 4) is 34.1 Å². The fourth-order valence-corrected chi connectivity index (χ4v) is 7.82. The molecule has 0 bridgehead atoms. The number of likely N-dealkylation sites (tertiary alicyclic amines) is 2. The number of hydrogen-bond donors (Lipinski definition) is 1. The molecule has 9 rings (SSSR count). The number of phenols is 1. The van der Waals surface area contributed by atoms with Crippen molar-refractivity contribution in [1.29, 1.82) is 0 Å². The van der Waals surface area contributed by atoms with E-state index in [9.17, 15) is 9.90 Å². The van der Waals surface area contributed by atoms with E-state index in [4.69, 9.17) is 14.7 Å². The van der Waals surface area contributed by atoms with E-state index in [1.54, 1.807) is 12.3 Å². The highest BCUT2D eigenvalue weighted by molar-refractivity contribution is 5.95. The summed E-state index contributed by atoms with van der Waals surface area (Å²) in [7, 11) is 0. The molecule has 6 aromatic rings. The highest BCUT2D eigenvalue weighted by Gasteiger charge is 2.44. The van der Waals surface area contributed by atoms with Gasteiger partial charge >= 0.3 is 0 Å². The van der Waals surface area contributed by atoms with Crippen molar-refractivity contribution in [3.05, 3.63) is 120 Å². The standard InChI is InChI=1S/C41H37N7O3/c1-42-37-32(8-5-19-43-37)38-45-34-16-15-33(28-6-3-2-4-7-28)44-39(34)48(38)30-12-9-27(10-13-30)23-46-20-17-41(25-46)18-21-47(26-41)40(50)29-11-14-31(35(49)22-29)36-24-51-36/h2-16,19,22,36,49H,1,17-18,20-21,23-26H2. The second-order valence-electron chi connectivity index (χ2n) is 13.9. The molecular weight excluding hydrogens is 638 g/mol. The van der Waals surface area contributed by atoms with E-state index in [1.165, 1.54) is 5.56 Å². The second-order valence-corrected chi connectivity index (χ2v) is 13.9. The minimum absolute atomic E-state index is 0.0153. The molecule has 10 nitrogen and oxygen atoms in total. The van der Waals surface area contributed by atoms with Gasteiger partial charge in [0.25, 0.3) is 5.91 Å². The third kappa shape index (κ3) is 5.86. The van der Waals surface area contributed by atoms with Gasteiger partial charge in [0.05, 0.1) is 17.9 Å². The van der Waals surface area contributed by atoms with Crippen molar-refractivity contribution in [2.24, 2.45) is 10.4 Å². The van der Waals surface area contributed by atoms with Crippen LogP contribution in [-0.4, -0.2) is 79.8 Å². The molecule has 6 heterocycles. The van der Waals surface area contributed by atoms with Crippen molar-refractivity contribution < 1.29 is 14.6 Å². The molecule has 2 unspecified atom stereocenters. The number of amides is 1. The van der Waals surface area contributed by atoms with Gasteiger partial charge in [-0.05, 0) is 80.2 Å². The van der Waals surface area contributed by atoms with Crippen molar-refractivity contribution in [2.45, 2.75) is 25.5 Å². The van der Waals surface area contributed by atoms with E-state index < -0.39 is 0 Å². The van der Waals surface area contributed by atoms with Crippen LogP contribution in [0.4, 0.5) is 5.82 Å². The third-order valence-electron chi connectivity index (χ3n) is 10.6. The Morgan fingerprint density at radius 3 is 2.55 bits per heavy atom. The molecule has 254 valence electrons. The van der Waals surface area contributed by atoms with Crippen LogP contribution in [0.3, 0.4) is 0 Å². The lowest BCUT2D eigenvalue weighted by molar-refractivity contribution is 0.0772. The molecular formula is C41H37N7O3. The Bertz CT molecular complexity index is 2280. The summed E-state index contributed by atoms with van der Waals surface area (Å²) < 4.78 is 7.39. The van der Waals surface area contributed by atoms with Crippen LogP contribution in [0.25, 0.3) is 39.5 Å². The van der Waals surface area contributed by atoms with Gasteiger partial charge in [0.1, 0.15) is 17.4 Å². The Kier molecular flexibility index (Phi) is 7.70. The molecule has 3 aliphatic rings. The van der Waals surface area contributed by atoms with Gasteiger partial charge in [0.2, 0.25) is 0 Å². The van der Waals surface area contributed by atoms with Gasteiger partial charge in [-0.3, -0.25) is 14.3 Å². The first-order chi connectivity index (χ1) is 25.0. The van der Waals surface area contributed by atoms with E-state index in [0.29, 0.717) is 23.8 Å². The molecule has 3 aromatic carbocycles. The highest BCUT2D eigenvalue weighted by Crippen LogP contribution is 2.42. The number of carbonyl (C=O) groups excluding carboxylic acids is 1. The van der Waals surface area contributed by atoms with Crippen LogP contribution >= 0.6 is 0 Å². The first-order valence-corrected chi connectivity index (χ1v) is 17.4. The number of ether oxygens (including phenoxy) is 1. The van der Waals surface area contributed by atoms with Crippen LogP contribution < -0.4 is 0 Å². The van der Waals surface area contributed by atoms with Crippen LogP contribution in [-0.2, 0) is 11.3 Å². The SMILES string of the molecule is C=Nc1ncccc1-c1nc2ccc(-c3ccccc3)nc2n1-c1ccc(CN2CCC3(CCN(C(=O)c4ccc(C5CO5)c(O)c4)C3)C2)cc1. The maximum atomic E-state index is 13.4. The zero-order chi connectivity index (χ0) is 34.5. The lowest BCUT2D eigenvalue weighted by Gasteiger charge is -2.25. The third-order valence-corrected chi connectivity index (χ3v) is 10.6. The molecule has 10 heteroatoms. The molecule has 3 aliphatic heterocycles. The van der Waals surface area contributed by atoms with Crippen molar-refractivity contribution in [2.75, 3.05) is 32.8 Å². The summed E-state index contributed by atoms with van der Waals surface area (Å²) in [5, 5.41) is 10.5. The number of hydrogen-bond acceptors (Lipinski definition) is 8. The molecule has 3 fully saturated rings. The molecule has 1 spiro atoms. The largest absolute Gasteiger partial charge is 0.508 e. The van der Waals surface area contributed by atoms with E-state index in [1.807, 2.05) is 59.5 Å². The summed E-state index contributed by atoms with van der Waals surface area (Å²) in [6, 6.07) is 31.9. The number of fused-ring (bicyclic) bond motifs is 1. The summed E-state index contributed by atoms with van der Waals surface area (Å²) in [5.41, 5.74) is 7.76. The fraction of sp³-hybridized carbons (Fsp3) is 0.244. The highest BCUT2D eigenvalue weighted by atomic mass is 16.6. The van der Waals surface area contributed by atoms with Gasteiger partial charge in [-0.1, -0.05) is 48.5 Å². The maximum absolute atomic E-state index is 13.4. The van der Waals surface area contributed by atoms with Crippen LogP contribution in [0.15, 0.2) is 108 Å². The average Bonchev–Trinajstić information content (AvgIpc) is 3.64. The number of pyridine rings is 2. The lowest BCUT2D eigenvalue weighted by atomic mass is 9.86. The number of nitrogens with zero attached hydrogens (tertiary/aromatic N) is 7. The minimum atomic E-state index is -0.0479. The number of carbonyl (C=O) groups is 1. The number of aliphatic imine (C=N–C) groups is 1. The van der Waals surface area contributed by atoms with E-state index in [-0.39, 0.29) is 23.2 Å². The van der Waals surface area contributed by atoms with Gasteiger partial charge in [-0.2, -0.15) is 0 Å². The molecule has 2 atom stereocenters. The molecule has 0 aliphatic carbocycles. The summed E-state index contributed by atoms with van der Waals surface area (Å²) in [6.45, 7) is 8.60. The van der Waals surface area contributed by atoms with Crippen LogP contribution in [0.5, 0.6) is 5.75 Å². The Morgan fingerprint density at radius 1 is 0.941 bits per heavy atom. The predicted molar refractivity (Wildman–Crippen MR) is 196 cm³/mol. The number of aromatic hydroxyl groups is 1. The first-order valence-electron chi connectivity index (χ1n) is 17.4. The topological polar surface area (TPSA) is 112 Å². The number of imidazole rings is 1. The summed E-state index contributed by atoms with van der Waals surface area (Å²) >= 11 is 0. The second kappa shape index (κ2) is 12.6. The van der Waals surface area contributed by atoms with Crippen LogP contribution in [0.2, 0.25) is 0 Å². The van der Waals surface area contributed by atoms with Gasteiger partial charge in [0.15, 0.2) is 17.3 Å². The fourth-order valence-electron chi connectivity index (χ4n) is 7.82. The smallest absolute Gasteiger partial charge is 0.254 e. The monoisotopic (exact) mass is 675 g/mol. The molecule has 1 amide bonds. The molecule has 3 saturated heterocycles. The van der Waals surface area contributed by atoms with E-state index in [0.717, 1.165) is 84.8 Å². The molecule has 3 aromatic heterocycles. The zero-order valence-corrected chi connectivity index (χ0v) is 28.2. The maximum Gasteiger partial charge on any atom is 0.254 e. The Balaban J connectivity index is 0.945.